The Labute approximate surface area is 164 Å². The average molecular weight is 431 g/mol. The summed E-state index contributed by atoms with van der Waals surface area (Å²) >= 11 is 30.4. The molecule has 2 rings (SSSR count). The van der Waals surface area contributed by atoms with Crippen LogP contribution in [0.25, 0.3) is 11.1 Å². The lowest BCUT2D eigenvalue weighted by Gasteiger charge is -2.15. The Morgan fingerprint density at radius 3 is 1.88 bits per heavy atom. The van der Waals surface area contributed by atoms with Gasteiger partial charge >= 0.3 is 5.97 Å². The number of rotatable bonds is 3. The van der Waals surface area contributed by atoms with Crippen molar-refractivity contribution >= 4 is 64.0 Å². The molecule has 2 aromatic rings. The Morgan fingerprint density at radius 1 is 0.875 bits per heavy atom. The third-order valence-corrected chi connectivity index (χ3v) is 5.05. The van der Waals surface area contributed by atoms with E-state index in [2.05, 4.69) is 0 Å². The number of hydrogen-bond donors (Lipinski definition) is 2. The predicted octanol–water partition coefficient (Wildman–Crippen LogP) is 6.49. The topological polar surface area (TPSA) is 57.5 Å². The van der Waals surface area contributed by atoms with E-state index in [0.29, 0.717) is 23.1 Å². The number of aliphatic hydroxyl groups excluding tert-OH is 1. The van der Waals surface area contributed by atoms with Crippen molar-refractivity contribution in [3.63, 3.8) is 0 Å². The Morgan fingerprint density at radius 2 is 1.38 bits per heavy atom. The van der Waals surface area contributed by atoms with Crippen molar-refractivity contribution in [2.24, 2.45) is 0 Å². The summed E-state index contributed by atoms with van der Waals surface area (Å²) in [6.45, 7) is 1.80. The number of carboxylic acids is 1. The van der Waals surface area contributed by atoms with E-state index >= 15 is 0 Å². The number of aromatic carboxylic acids is 1. The molecule has 0 saturated carbocycles. The first-order valence-corrected chi connectivity index (χ1v) is 8.50. The Hall–Kier alpha value is -0.680. The molecule has 0 aliphatic heterocycles. The maximum Gasteiger partial charge on any atom is 0.336 e. The third kappa shape index (κ3) is 4.29. The van der Waals surface area contributed by atoms with Crippen molar-refractivity contribution in [1.82, 2.24) is 0 Å². The first-order valence-electron chi connectivity index (χ1n) is 6.61. The molecule has 0 aromatic heterocycles. The lowest BCUT2D eigenvalue weighted by molar-refractivity contribution is 0.0696. The summed E-state index contributed by atoms with van der Waals surface area (Å²) in [6, 6.07) is 4.44. The minimum absolute atomic E-state index is 0.0530. The molecule has 24 heavy (non-hydrogen) atoms. The monoisotopic (exact) mass is 428 g/mol. The molecule has 130 valence electrons. The fourth-order valence-corrected chi connectivity index (χ4v) is 3.35. The van der Waals surface area contributed by atoms with Crippen molar-refractivity contribution in [3.05, 3.63) is 54.4 Å². The van der Waals surface area contributed by atoms with Crippen LogP contribution in [0.3, 0.4) is 0 Å². The molecule has 0 atom stereocenters. The highest BCUT2D eigenvalue weighted by atomic mass is 35.5. The van der Waals surface area contributed by atoms with Crippen LogP contribution in [0.15, 0.2) is 18.2 Å². The summed E-state index contributed by atoms with van der Waals surface area (Å²) < 4.78 is 0. The second kappa shape index (κ2) is 9.14. The van der Waals surface area contributed by atoms with E-state index in [0.717, 1.165) is 7.11 Å². The van der Waals surface area contributed by atoms with Gasteiger partial charge in [-0.05, 0) is 35.7 Å². The highest BCUT2D eigenvalue weighted by Crippen LogP contribution is 2.41. The van der Waals surface area contributed by atoms with Gasteiger partial charge in [-0.15, -0.1) is 0 Å². The largest absolute Gasteiger partial charge is 0.478 e. The molecular formula is C16H13Cl5O3. The lowest BCUT2D eigenvalue weighted by Crippen LogP contribution is -2.06. The molecule has 0 unspecified atom stereocenters. The second-order valence-corrected chi connectivity index (χ2v) is 6.49. The van der Waals surface area contributed by atoms with Crippen molar-refractivity contribution < 1.29 is 15.0 Å². The highest BCUT2D eigenvalue weighted by Gasteiger charge is 2.23. The van der Waals surface area contributed by atoms with Crippen LogP contribution in [0.2, 0.25) is 25.1 Å². The maximum absolute atomic E-state index is 11.7. The third-order valence-electron chi connectivity index (χ3n) is 3.18. The van der Waals surface area contributed by atoms with Crippen LogP contribution < -0.4 is 0 Å². The first kappa shape index (κ1) is 21.4. The van der Waals surface area contributed by atoms with E-state index in [1.54, 1.807) is 6.92 Å². The van der Waals surface area contributed by atoms with Crippen LogP contribution in [0.5, 0.6) is 0 Å². The summed E-state index contributed by atoms with van der Waals surface area (Å²) in [5.41, 5.74) is 1.28. The normalized spacial score (nSPS) is 10.2. The SMILES string of the molecule is CCc1c(Cl)c(Cl)cc(-c2cc(Cl)c(Cl)cc2Cl)c1C(=O)O.CO. The van der Waals surface area contributed by atoms with Gasteiger partial charge in [0.2, 0.25) is 0 Å². The second-order valence-electron chi connectivity index (χ2n) is 4.48. The van der Waals surface area contributed by atoms with Gasteiger partial charge in [-0.2, -0.15) is 0 Å². The van der Waals surface area contributed by atoms with Crippen LogP contribution in [0.1, 0.15) is 22.8 Å². The maximum atomic E-state index is 11.7. The Balaban J connectivity index is 0.00000139. The minimum atomic E-state index is -1.12. The quantitative estimate of drug-likeness (QED) is 0.547. The van der Waals surface area contributed by atoms with E-state index in [4.69, 9.17) is 63.1 Å². The zero-order chi connectivity index (χ0) is 18.6. The molecule has 0 aliphatic rings. The molecule has 8 heteroatoms. The number of aliphatic hydroxyl groups is 1. The average Bonchev–Trinajstić information content (AvgIpc) is 2.54. The molecule has 2 N–H and O–H groups in total. The van der Waals surface area contributed by atoms with Crippen LogP contribution >= 0.6 is 58.0 Å². The van der Waals surface area contributed by atoms with Crippen molar-refractivity contribution in [1.29, 1.82) is 0 Å². The van der Waals surface area contributed by atoms with Crippen LogP contribution in [-0.4, -0.2) is 23.3 Å². The van der Waals surface area contributed by atoms with Gasteiger partial charge in [-0.25, -0.2) is 4.79 Å². The van der Waals surface area contributed by atoms with E-state index in [9.17, 15) is 9.90 Å². The number of halogens is 5. The van der Waals surface area contributed by atoms with Crippen molar-refractivity contribution in [2.45, 2.75) is 13.3 Å². The first-order chi connectivity index (χ1) is 11.3. The molecule has 0 fully saturated rings. The number of hydrogen-bond acceptors (Lipinski definition) is 2. The molecular weight excluding hydrogens is 417 g/mol. The molecule has 0 heterocycles. The summed E-state index contributed by atoms with van der Waals surface area (Å²) in [5.74, 6) is -1.12. The smallest absolute Gasteiger partial charge is 0.336 e. The molecule has 2 aromatic carbocycles. The van der Waals surface area contributed by atoms with Crippen LogP contribution in [0, 0.1) is 0 Å². The summed E-state index contributed by atoms with van der Waals surface area (Å²) in [6.07, 6.45) is 0.410. The number of carbonyl (C=O) groups is 1. The zero-order valence-electron chi connectivity index (χ0n) is 12.6. The summed E-state index contributed by atoms with van der Waals surface area (Å²) in [5, 5.41) is 17.9. The lowest BCUT2D eigenvalue weighted by atomic mass is 9.94. The molecule has 0 spiro atoms. The molecule has 0 radical (unpaired) electrons. The van der Waals surface area contributed by atoms with E-state index in [1.807, 2.05) is 0 Å². The van der Waals surface area contributed by atoms with Gasteiger partial charge in [0.05, 0.1) is 30.7 Å². The van der Waals surface area contributed by atoms with Gasteiger partial charge in [0.1, 0.15) is 0 Å². The van der Waals surface area contributed by atoms with Crippen molar-refractivity contribution in [3.8, 4) is 11.1 Å². The number of benzene rings is 2. The fraction of sp³-hybridized carbons (Fsp3) is 0.188. The molecule has 0 bridgehead atoms. The fourth-order valence-electron chi connectivity index (χ4n) is 2.20. The standard InChI is InChI=1S/C15H9Cl5O2.CH4O/c1-2-6-13(15(21)22)8(4-12(19)14(6)20)7-3-10(17)11(18)5-9(7)16;1-2/h3-5H,2H2,1H3,(H,21,22);2H,1H3. The van der Waals surface area contributed by atoms with Crippen LogP contribution in [0.4, 0.5) is 0 Å². The van der Waals surface area contributed by atoms with Crippen LogP contribution in [-0.2, 0) is 6.42 Å². The van der Waals surface area contributed by atoms with Gasteiger partial charge in [0.25, 0.3) is 0 Å². The predicted molar refractivity (Wildman–Crippen MR) is 101 cm³/mol. The van der Waals surface area contributed by atoms with Crippen molar-refractivity contribution in [2.75, 3.05) is 7.11 Å². The van der Waals surface area contributed by atoms with Gasteiger partial charge in [-0.3, -0.25) is 0 Å². The summed E-state index contributed by atoms with van der Waals surface area (Å²) in [7, 11) is 1.00. The molecule has 0 amide bonds. The molecule has 3 nitrogen and oxygen atoms in total. The highest BCUT2D eigenvalue weighted by molar-refractivity contribution is 6.45. The molecule has 0 saturated heterocycles. The zero-order valence-corrected chi connectivity index (χ0v) is 16.4. The van der Waals surface area contributed by atoms with E-state index < -0.39 is 5.97 Å². The van der Waals surface area contributed by atoms with Gasteiger partial charge in [-0.1, -0.05) is 64.9 Å². The Kier molecular flexibility index (Phi) is 8.13. The van der Waals surface area contributed by atoms with Gasteiger partial charge in [0, 0.05) is 12.7 Å². The Bertz CT molecular complexity index is 775. The van der Waals surface area contributed by atoms with Gasteiger partial charge in [0.15, 0.2) is 0 Å². The molecule has 0 aliphatic carbocycles. The van der Waals surface area contributed by atoms with E-state index in [-0.39, 0.29) is 30.7 Å². The number of carboxylic acid groups (broad SMARTS) is 1. The van der Waals surface area contributed by atoms with Gasteiger partial charge < -0.3 is 10.2 Å². The minimum Gasteiger partial charge on any atom is -0.478 e. The summed E-state index contributed by atoms with van der Waals surface area (Å²) in [4.78, 5) is 11.7. The van der Waals surface area contributed by atoms with E-state index in [1.165, 1.54) is 18.2 Å².